The van der Waals surface area contributed by atoms with E-state index >= 15 is 0 Å². The van der Waals surface area contributed by atoms with Crippen LogP contribution in [0, 0.1) is 0 Å². The number of likely N-dealkylation sites (N-methyl/N-ethyl adjacent to an activating group) is 1. The second-order valence-corrected chi connectivity index (χ2v) is 9.17. The normalized spacial score (nSPS) is 21.1. The predicted octanol–water partition coefficient (Wildman–Crippen LogP) is 3.78. The number of nitrogens with zero attached hydrogens (tertiary/aromatic N) is 2. The van der Waals surface area contributed by atoms with Crippen LogP contribution >= 0.6 is 0 Å². The topological polar surface area (TPSA) is 79.3 Å². The number of aliphatic hydroxyl groups excluding tert-OH is 1. The zero-order chi connectivity index (χ0) is 24.4. The fourth-order valence-electron chi connectivity index (χ4n) is 4.48. The largest absolute Gasteiger partial charge is 0.507 e. The van der Waals surface area contributed by atoms with Crippen molar-refractivity contribution in [1.29, 1.82) is 0 Å². The highest BCUT2D eigenvalue weighted by Crippen LogP contribution is 2.41. The number of fused-ring (bicyclic) bond motifs is 1. The molecule has 2 heterocycles. The van der Waals surface area contributed by atoms with E-state index in [0.29, 0.717) is 31.0 Å². The highest BCUT2D eigenvalue weighted by Gasteiger charge is 2.46. The molecule has 1 fully saturated rings. The number of aliphatic hydroxyl groups is 1. The molecule has 7 heteroatoms. The van der Waals surface area contributed by atoms with Crippen molar-refractivity contribution >= 4 is 17.4 Å². The van der Waals surface area contributed by atoms with Crippen molar-refractivity contribution in [2.45, 2.75) is 38.8 Å². The third-order valence-corrected chi connectivity index (χ3v) is 6.14. The molecule has 2 aromatic carbocycles. The van der Waals surface area contributed by atoms with Crippen molar-refractivity contribution in [2.75, 3.05) is 33.8 Å². The maximum absolute atomic E-state index is 13.2. The highest BCUT2D eigenvalue weighted by molar-refractivity contribution is 6.46. The summed E-state index contributed by atoms with van der Waals surface area (Å²) in [7, 11) is 3.83. The molecule has 1 amide bonds. The molecule has 34 heavy (non-hydrogen) atoms. The van der Waals surface area contributed by atoms with Crippen LogP contribution in [0.4, 0.5) is 0 Å². The van der Waals surface area contributed by atoms with Crippen LogP contribution in [0.5, 0.6) is 11.5 Å². The lowest BCUT2D eigenvalue weighted by Gasteiger charge is -2.27. The molecular weight excluding hydrogens is 432 g/mol. The van der Waals surface area contributed by atoms with Crippen LogP contribution in [-0.4, -0.2) is 66.5 Å². The first-order chi connectivity index (χ1) is 16.3. The minimum Gasteiger partial charge on any atom is -0.507 e. The van der Waals surface area contributed by atoms with Gasteiger partial charge < -0.3 is 24.4 Å². The van der Waals surface area contributed by atoms with Crippen LogP contribution in [0.1, 0.15) is 43.0 Å². The summed E-state index contributed by atoms with van der Waals surface area (Å²) < 4.78 is 11.6. The molecule has 4 rings (SSSR count). The number of hydrogen-bond acceptors (Lipinski definition) is 6. The van der Waals surface area contributed by atoms with Gasteiger partial charge in [-0.25, -0.2) is 0 Å². The molecule has 0 bridgehead atoms. The van der Waals surface area contributed by atoms with E-state index < -0.39 is 17.7 Å². The highest BCUT2D eigenvalue weighted by atomic mass is 16.5. The third kappa shape index (κ3) is 4.66. The molecule has 0 radical (unpaired) electrons. The van der Waals surface area contributed by atoms with Crippen LogP contribution < -0.4 is 9.47 Å². The zero-order valence-electron chi connectivity index (χ0n) is 20.2. The van der Waals surface area contributed by atoms with E-state index in [-0.39, 0.29) is 17.4 Å². The first kappa shape index (κ1) is 23.8. The molecule has 180 valence electrons. The summed E-state index contributed by atoms with van der Waals surface area (Å²) in [5.74, 6) is 0.00426. The minimum absolute atomic E-state index is 0.0647. The van der Waals surface area contributed by atoms with Crippen molar-refractivity contribution in [2.24, 2.45) is 0 Å². The lowest BCUT2D eigenvalue weighted by molar-refractivity contribution is -0.140. The second-order valence-electron chi connectivity index (χ2n) is 9.17. The number of ketones is 1. The fraction of sp³-hybridized carbons (Fsp3) is 0.407. The first-order valence-corrected chi connectivity index (χ1v) is 11.8. The van der Waals surface area contributed by atoms with Gasteiger partial charge in [0.05, 0.1) is 18.2 Å². The molecule has 2 aromatic rings. The van der Waals surface area contributed by atoms with E-state index in [1.807, 2.05) is 69.2 Å². The molecule has 2 aliphatic rings. The van der Waals surface area contributed by atoms with E-state index in [1.165, 1.54) is 0 Å². The Balaban J connectivity index is 1.80. The molecular formula is C27H32N2O5. The molecule has 1 saturated heterocycles. The number of rotatable bonds is 8. The quantitative estimate of drug-likeness (QED) is 0.364. The van der Waals surface area contributed by atoms with Crippen molar-refractivity contribution in [3.8, 4) is 11.5 Å². The van der Waals surface area contributed by atoms with Crippen LogP contribution in [0.3, 0.4) is 0 Å². The van der Waals surface area contributed by atoms with E-state index in [9.17, 15) is 14.7 Å². The maximum Gasteiger partial charge on any atom is 0.295 e. The standard InChI is InChI=1S/C27H32N2O5/c1-5-13-33-21-8-6-7-18(16-21)24-23(26(31)27(32)29(24)12-11-28(3)4)25(30)19-9-10-22-20(15-19)14-17(2)34-22/h6-10,15-17,24,30H,5,11-14H2,1-4H3/b25-23-. The average molecular weight is 465 g/mol. The van der Waals surface area contributed by atoms with Gasteiger partial charge in [-0.15, -0.1) is 0 Å². The van der Waals surface area contributed by atoms with Crippen LogP contribution in [0.15, 0.2) is 48.0 Å². The van der Waals surface area contributed by atoms with Crippen molar-refractivity contribution in [3.05, 3.63) is 64.7 Å². The van der Waals surface area contributed by atoms with Gasteiger partial charge in [-0.05, 0) is 68.9 Å². The maximum atomic E-state index is 13.2. The zero-order valence-corrected chi connectivity index (χ0v) is 20.2. The summed E-state index contributed by atoms with van der Waals surface area (Å²) in [6, 6.07) is 12.1. The lowest BCUT2D eigenvalue weighted by atomic mass is 9.94. The Labute approximate surface area is 200 Å². The van der Waals surface area contributed by atoms with Gasteiger partial charge in [-0.2, -0.15) is 0 Å². The molecule has 2 aliphatic heterocycles. The first-order valence-electron chi connectivity index (χ1n) is 11.8. The van der Waals surface area contributed by atoms with Crippen molar-refractivity contribution < 1.29 is 24.2 Å². The SMILES string of the molecule is CCCOc1cccc(C2/C(=C(/O)c3ccc4c(c3)CC(C)O4)C(=O)C(=O)N2CCN(C)C)c1. The molecule has 0 aliphatic carbocycles. The Morgan fingerprint density at radius 3 is 2.74 bits per heavy atom. The number of carbonyl (C=O) groups excluding carboxylic acids is 2. The number of amides is 1. The van der Waals surface area contributed by atoms with Crippen LogP contribution in [0.2, 0.25) is 0 Å². The van der Waals surface area contributed by atoms with Gasteiger partial charge in [-0.3, -0.25) is 9.59 Å². The van der Waals surface area contributed by atoms with E-state index in [4.69, 9.17) is 9.47 Å². The summed E-state index contributed by atoms with van der Waals surface area (Å²) >= 11 is 0. The monoisotopic (exact) mass is 464 g/mol. The number of Topliss-reactive ketones (excluding diaryl/α,β-unsaturated/α-hetero) is 1. The molecule has 0 aromatic heterocycles. The summed E-state index contributed by atoms with van der Waals surface area (Å²) in [5, 5.41) is 11.3. The van der Waals surface area contributed by atoms with Gasteiger partial charge >= 0.3 is 0 Å². The number of ether oxygens (including phenoxy) is 2. The van der Waals surface area contributed by atoms with Crippen molar-refractivity contribution in [1.82, 2.24) is 9.80 Å². The van der Waals surface area contributed by atoms with Crippen LogP contribution in [0.25, 0.3) is 5.76 Å². The number of likely N-dealkylation sites (tertiary alicyclic amines) is 1. The van der Waals surface area contributed by atoms with Gasteiger partial charge in [0.15, 0.2) is 0 Å². The molecule has 1 N–H and O–H groups in total. The molecule has 2 atom stereocenters. The van der Waals surface area contributed by atoms with Gasteiger partial charge in [-0.1, -0.05) is 19.1 Å². The Hall–Kier alpha value is -3.32. The average Bonchev–Trinajstić information content (AvgIpc) is 3.31. The van der Waals surface area contributed by atoms with Gasteiger partial charge in [0.1, 0.15) is 23.4 Å². The van der Waals surface area contributed by atoms with E-state index in [2.05, 4.69) is 0 Å². The lowest BCUT2D eigenvalue weighted by Crippen LogP contribution is -2.35. The summed E-state index contributed by atoms with van der Waals surface area (Å²) in [6.45, 7) is 5.53. The number of carbonyl (C=O) groups is 2. The molecule has 0 spiro atoms. The summed E-state index contributed by atoms with van der Waals surface area (Å²) in [6.07, 6.45) is 1.66. The number of hydrogen-bond donors (Lipinski definition) is 1. The van der Waals surface area contributed by atoms with E-state index in [1.54, 1.807) is 11.0 Å². The second kappa shape index (κ2) is 9.89. The molecule has 7 nitrogen and oxygen atoms in total. The molecule has 0 saturated carbocycles. The summed E-state index contributed by atoms with van der Waals surface area (Å²) in [5.41, 5.74) is 2.31. The Morgan fingerprint density at radius 2 is 2.00 bits per heavy atom. The van der Waals surface area contributed by atoms with Crippen molar-refractivity contribution in [3.63, 3.8) is 0 Å². The van der Waals surface area contributed by atoms with Gasteiger partial charge in [0.2, 0.25) is 0 Å². The Kier molecular flexibility index (Phi) is 6.93. The van der Waals surface area contributed by atoms with Gasteiger partial charge in [0.25, 0.3) is 11.7 Å². The summed E-state index contributed by atoms with van der Waals surface area (Å²) in [4.78, 5) is 29.8. The predicted molar refractivity (Wildman–Crippen MR) is 130 cm³/mol. The molecule has 2 unspecified atom stereocenters. The van der Waals surface area contributed by atoms with E-state index in [0.717, 1.165) is 29.7 Å². The Morgan fingerprint density at radius 1 is 1.21 bits per heavy atom. The third-order valence-electron chi connectivity index (χ3n) is 6.14. The minimum atomic E-state index is -0.700. The Bertz CT molecular complexity index is 1120. The van der Waals surface area contributed by atoms with Gasteiger partial charge in [0, 0.05) is 25.1 Å². The van der Waals surface area contributed by atoms with Crippen LogP contribution in [-0.2, 0) is 16.0 Å². The fourth-order valence-corrected chi connectivity index (χ4v) is 4.48. The number of benzene rings is 2. The smallest absolute Gasteiger partial charge is 0.295 e.